The average Bonchev–Trinajstić information content (AvgIpc) is 3.42. The van der Waals surface area contributed by atoms with Crippen molar-refractivity contribution < 1.29 is 23.8 Å². The SMILES string of the molecule is CCCc1cc2c(cc1NC(=O)[C@H]1[C@H]3C(=O)N(CC)C[C@@]34C=C[C@H]1O4)OCO2. The highest BCUT2D eigenvalue weighted by molar-refractivity contribution is 5.99. The zero-order valence-electron chi connectivity index (χ0n) is 16.1. The number of nitrogens with zero attached hydrogens (tertiary/aromatic N) is 1. The number of rotatable bonds is 5. The van der Waals surface area contributed by atoms with Crippen LogP contribution in [0.5, 0.6) is 11.5 Å². The minimum atomic E-state index is -0.652. The van der Waals surface area contributed by atoms with Gasteiger partial charge in [0.05, 0.1) is 24.5 Å². The third-order valence-electron chi connectivity index (χ3n) is 6.24. The number of likely N-dealkylation sites (N-methyl/N-ethyl adjacent to an activating group) is 1. The molecule has 2 bridgehead atoms. The Bertz CT molecular complexity index is 882. The van der Waals surface area contributed by atoms with Crippen molar-refractivity contribution in [3.8, 4) is 11.5 Å². The van der Waals surface area contributed by atoms with Crippen molar-refractivity contribution in [2.45, 2.75) is 38.4 Å². The number of anilines is 1. The zero-order chi connectivity index (χ0) is 19.5. The largest absolute Gasteiger partial charge is 0.454 e. The predicted molar refractivity (Wildman–Crippen MR) is 101 cm³/mol. The molecule has 4 heterocycles. The number of likely N-dealkylation sites (tertiary alicyclic amines) is 1. The van der Waals surface area contributed by atoms with Gasteiger partial charge in [-0.05, 0) is 25.0 Å². The Balaban J connectivity index is 1.44. The van der Waals surface area contributed by atoms with E-state index in [0.29, 0.717) is 24.6 Å². The van der Waals surface area contributed by atoms with Gasteiger partial charge in [-0.25, -0.2) is 0 Å². The molecule has 148 valence electrons. The van der Waals surface area contributed by atoms with Crippen molar-refractivity contribution in [2.75, 3.05) is 25.2 Å². The molecule has 7 nitrogen and oxygen atoms in total. The van der Waals surface area contributed by atoms with Crippen LogP contribution < -0.4 is 14.8 Å². The van der Waals surface area contributed by atoms with Crippen LogP contribution in [0.1, 0.15) is 25.8 Å². The molecule has 7 heteroatoms. The van der Waals surface area contributed by atoms with Crippen LogP contribution in [-0.2, 0) is 20.7 Å². The fourth-order valence-electron chi connectivity index (χ4n) is 4.94. The Morgan fingerprint density at radius 3 is 2.82 bits per heavy atom. The van der Waals surface area contributed by atoms with E-state index in [-0.39, 0.29) is 24.7 Å². The first kappa shape index (κ1) is 17.6. The molecule has 1 N–H and O–H groups in total. The van der Waals surface area contributed by atoms with E-state index in [0.717, 1.165) is 24.1 Å². The second-order valence-corrected chi connectivity index (χ2v) is 7.85. The van der Waals surface area contributed by atoms with E-state index >= 15 is 0 Å². The zero-order valence-corrected chi connectivity index (χ0v) is 16.1. The molecule has 0 aromatic heterocycles. The van der Waals surface area contributed by atoms with E-state index in [4.69, 9.17) is 14.2 Å². The molecule has 2 amide bonds. The molecular formula is C21H24N2O5. The molecule has 4 aliphatic rings. The summed E-state index contributed by atoms with van der Waals surface area (Å²) in [6, 6.07) is 3.75. The Hall–Kier alpha value is -2.54. The lowest BCUT2D eigenvalue weighted by Crippen LogP contribution is -2.41. The molecule has 0 radical (unpaired) electrons. The van der Waals surface area contributed by atoms with E-state index in [9.17, 15) is 9.59 Å². The summed E-state index contributed by atoms with van der Waals surface area (Å²) >= 11 is 0. The van der Waals surface area contributed by atoms with Crippen LogP contribution in [0.2, 0.25) is 0 Å². The number of carbonyl (C=O) groups excluding carboxylic acids is 2. The monoisotopic (exact) mass is 384 g/mol. The summed E-state index contributed by atoms with van der Waals surface area (Å²) in [6.07, 6.45) is 5.31. The molecule has 1 spiro atoms. The third kappa shape index (κ3) is 2.38. The lowest BCUT2D eigenvalue weighted by atomic mass is 9.76. The Labute approximate surface area is 163 Å². The summed E-state index contributed by atoms with van der Waals surface area (Å²) < 4.78 is 17.1. The molecule has 1 aromatic rings. The van der Waals surface area contributed by atoms with Crippen LogP contribution in [0.15, 0.2) is 24.3 Å². The van der Waals surface area contributed by atoms with Crippen LogP contribution in [0.3, 0.4) is 0 Å². The minimum absolute atomic E-state index is 0.00830. The predicted octanol–water partition coefficient (Wildman–Crippen LogP) is 2.11. The smallest absolute Gasteiger partial charge is 0.231 e. The Morgan fingerprint density at radius 2 is 2.07 bits per heavy atom. The first-order valence-electron chi connectivity index (χ1n) is 9.95. The van der Waals surface area contributed by atoms with E-state index in [1.54, 1.807) is 4.90 Å². The number of fused-ring (bicyclic) bond motifs is 2. The molecule has 4 aliphatic heterocycles. The van der Waals surface area contributed by atoms with Crippen molar-refractivity contribution >= 4 is 17.5 Å². The summed E-state index contributed by atoms with van der Waals surface area (Å²) in [5.41, 5.74) is 1.07. The fourth-order valence-corrected chi connectivity index (χ4v) is 4.94. The number of hydrogen-bond acceptors (Lipinski definition) is 5. The Kier molecular flexibility index (Phi) is 3.91. The van der Waals surface area contributed by atoms with Gasteiger partial charge in [-0.3, -0.25) is 9.59 Å². The van der Waals surface area contributed by atoms with Crippen molar-refractivity contribution in [3.63, 3.8) is 0 Å². The van der Waals surface area contributed by atoms with Gasteiger partial charge in [-0.15, -0.1) is 0 Å². The molecule has 1 aromatic carbocycles. The molecule has 28 heavy (non-hydrogen) atoms. The molecule has 2 fully saturated rings. The van der Waals surface area contributed by atoms with Crippen LogP contribution in [0.4, 0.5) is 5.69 Å². The number of amides is 2. The highest BCUT2D eigenvalue weighted by Gasteiger charge is 2.66. The number of benzene rings is 1. The summed E-state index contributed by atoms with van der Waals surface area (Å²) in [7, 11) is 0. The first-order chi connectivity index (χ1) is 13.6. The number of hydrogen-bond donors (Lipinski definition) is 1. The maximum absolute atomic E-state index is 13.3. The van der Waals surface area contributed by atoms with Crippen LogP contribution in [0.25, 0.3) is 0 Å². The van der Waals surface area contributed by atoms with Crippen molar-refractivity contribution in [1.29, 1.82) is 0 Å². The maximum atomic E-state index is 13.3. The molecule has 5 rings (SSSR count). The van der Waals surface area contributed by atoms with Gasteiger partial charge in [0.25, 0.3) is 0 Å². The van der Waals surface area contributed by atoms with Crippen molar-refractivity contribution in [2.24, 2.45) is 11.8 Å². The summed E-state index contributed by atoms with van der Waals surface area (Å²) in [4.78, 5) is 27.9. The summed E-state index contributed by atoms with van der Waals surface area (Å²) in [6.45, 7) is 5.37. The molecule has 0 saturated carbocycles. The van der Waals surface area contributed by atoms with Gasteiger partial charge in [0.2, 0.25) is 18.6 Å². The van der Waals surface area contributed by atoms with Crippen LogP contribution >= 0.6 is 0 Å². The second-order valence-electron chi connectivity index (χ2n) is 7.85. The van der Waals surface area contributed by atoms with Gasteiger partial charge < -0.3 is 24.4 Å². The second kappa shape index (κ2) is 6.24. The normalized spacial score (nSPS) is 31.6. The highest BCUT2D eigenvalue weighted by atomic mass is 16.7. The number of nitrogens with one attached hydrogen (secondary N) is 1. The van der Waals surface area contributed by atoms with Gasteiger partial charge in [0, 0.05) is 18.3 Å². The van der Waals surface area contributed by atoms with E-state index < -0.39 is 17.4 Å². The maximum Gasteiger partial charge on any atom is 0.231 e. The molecule has 2 saturated heterocycles. The van der Waals surface area contributed by atoms with Gasteiger partial charge in [-0.1, -0.05) is 25.5 Å². The standard InChI is InChI=1S/C21H24N2O5/c1-3-5-12-8-15-16(27-11-26-15)9-13(12)22-19(24)17-14-6-7-21(28-14)10-23(4-2)20(25)18(17)21/h6-9,14,17-18H,3-5,10-11H2,1-2H3,(H,22,24)/t14-,17-,18+,21+/m1/s1. The van der Waals surface area contributed by atoms with E-state index in [2.05, 4.69) is 12.2 Å². The number of carbonyl (C=O) groups is 2. The van der Waals surface area contributed by atoms with Gasteiger partial charge in [0.15, 0.2) is 11.5 Å². The topological polar surface area (TPSA) is 77.1 Å². The lowest BCUT2D eigenvalue weighted by molar-refractivity contribution is -0.135. The van der Waals surface area contributed by atoms with Crippen LogP contribution in [-0.4, -0.2) is 48.3 Å². The van der Waals surface area contributed by atoms with E-state index in [1.165, 1.54) is 0 Å². The molecular weight excluding hydrogens is 360 g/mol. The number of aryl methyl sites for hydroxylation is 1. The highest BCUT2D eigenvalue weighted by Crippen LogP contribution is 2.52. The van der Waals surface area contributed by atoms with Crippen LogP contribution in [0, 0.1) is 11.8 Å². The quantitative estimate of drug-likeness (QED) is 0.787. The van der Waals surface area contributed by atoms with Gasteiger partial charge in [0.1, 0.15) is 5.60 Å². The molecule has 4 atom stereocenters. The Morgan fingerprint density at radius 1 is 1.29 bits per heavy atom. The van der Waals surface area contributed by atoms with Crippen molar-refractivity contribution in [3.05, 3.63) is 29.8 Å². The molecule has 0 aliphatic carbocycles. The molecule has 0 unspecified atom stereocenters. The fraction of sp³-hybridized carbons (Fsp3) is 0.524. The van der Waals surface area contributed by atoms with Crippen molar-refractivity contribution in [1.82, 2.24) is 4.90 Å². The summed E-state index contributed by atoms with van der Waals surface area (Å²) in [5.74, 6) is 0.193. The van der Waals surface area contributed by atoms with Gasteiger partial charge in [-0.2, -0.15) is 0 Å². The average molecular weight is 384 g/mol. The summed E-state index contributed by atoms with van der Waals surface area (Å²) in [5, 5.41) is 3.06. The lowest BCUT2D eigenvalue weighted by Gasteiger charge is -2.24. The minimum Gasteiger partial charge on any atom is -0.454 e. The first-order valence-corrected chi connectivity index (χ1v) is 9.95. The third-order valence-corrected chi connectivity index (χ3v) is 6.24. The van der Waals surface area contributed by atoms with Gasteiger partial charge >= 0.3 is 0 Å². The number of ether oxygens (including phenoxy) is 3. The van der Waals surface area contributed by atoms with E-state index in [1.807, 2.05) is 31.2 Å².